The third-order valence-corrected chi connectivity index (χ3v) is 5.05. The Hall–Kier alpha value is -2.83. The molecule has 29 heavy (non-hydrogen) atoms. The number of nitrogens with zero attached hydrogens (tertiary/aromatic N) is 1. The first kappa shape index (κ1) is 20.9. The minimum atomic E-state index is -6.20. The van der Waals surface area contributed by atoms with Crippen LogP contribution in [-0.4, -0.2) is 37.7 Å². The fraction of sp³-hybridized carbons (Fsp3) is 0.375. The molecule has 0 fully saturated rings. The van der Waals surface area contributed by atoms with Crippen LogP contribution in [0.5, 0.6) is 11.5 Å². The molecule has 1 aliphatic heterocycles. The highest BCUT2D eigenvalue weighted by Gasteiger charge is 2.49. The molecule has 0 N–H and O–H groups in total. The van der Waals surface area contributed by atoms with Crippen LogP contribution in [0, 0.1) is 5.82 Å². The molecule has 0 amide bonds. The van der Waals surface area contributed by atoms with Crippen molar-refractivity contribution in [3.63, 3.8) is 0 Å². The van der Waals surface area contributed by atoms with Crippen molar-refractivity contribution in [1.29, 1.82) is 0 Å². The lowest BCUT2D eigenvalue weighted by atomic mass is 10.1. The molecule has 3 rings (SSSR count). The fourth-order valence-electron chi connectivity index (χ4n) is 2.79. The zero-order valence-electron chi connectivity index (χ0n) is 14.9. The van der Waals surface area contributed by atoms with Crippen molar-refractivity contribution < 1.29 is 44.4 Å². The Morgan fingerprint density at radius 3 is 2.62 bits per heavy atom. The number of carbonyl (C=O) groups is 1. The maximum Gasteiger partial charge on any atom is 0.534 e. The monoisotopic (exact) mass is 439 g/mol. The van der Waals surface area contributed by atoms with E-state index in [-0.39, 0.29) is 18.7 Å². The van der Waals surface area contributed by atoms with Gasteiger partial charge in [0.1, 0.15) is 12.2 Å². The van der Waals surface area contributed by atoms with E-state index in [2.05, 4.69) is 4.18 Å². The SMILES string of the molecule is CCOC(=O)c1cn2c3c(c(OS(=O)(=O)C(F)(F)F)c(F)cc3c1=O)OC[C@@H]2C. The van der Waals surface area contributed by atoms with Gasteiger partial charge in [0.2, 0.25) is 11.2 Å². The third-order valence-electron chi connectivity index (χ3n) is 4.10. The molecule has 2 heterocycles. The average molecular weight is 439 g/mol. The molecule has 0 radical (unpaired) electrons. The van der Waals surface area contributed by atoms with E-state index in [9.17, 15) is 35.6 Å². The number of hydrogen-bond acceptors (Lipinski definition) is 7. The minimum Gasteiger partial charge on any atom is -0.485 e. The summed E-state index contributed by atoms with van der Waals surface area (Å²) in [7, 11) is -6.20. The maximum atomic E-state index is 14.5. The lowest BCUT2D eigenvalue weighted by molar-refractivity contribution is -0.0501. The summed E-state index contributed by atoms with van der Waals surface area (Å²) in [5.74, 6) is -4.58. The van der Waals surface area contributed by atoms with Crippen LogP contribution in [-0.2, 0) is 14.9 Å². The van der Waals surface area contributed by atoms with E-state index in [1.807, 2.05) is 0 Å². The number of ether oxygens (including phenoxy) is 2. The van der Waals surface area contributed by atoms with E-state index in [1.165, 1.54) is 11.5 Å². The van der Waals surface area contributed by atoms with Gasteiger partial charge in [0, 0.05) is 6.20 Å². The Labute approximate surface area is 160 Å². The summed E-state index contributed by atoms with van der Waals surface area (Å²) in [4.78, 5) is 24.7. The van der Waals surface area contributed by atoms with Crippen LogP contribution in [0.1, 0.15) is 30.2 Å². The minimum absolute atomic E-state index is 0.0311. The lowest BCUT2D eigenvalue weighted by Gasteiger charge is -2.28. The molecule has 0 saturated heterocycles. The average Bonchev–Trinajstić information content (AvgIpc) is 2.61. The Morgan fingerprint density at radius 2 is 2.03 bits per heavy atom. The number of hydrogen-bond donors (Lipinski definition) is 0. The van der Waals surface area contributed by atoms with Crippen molar-refractivity contribution in [3.05, 3.63) is 33.9 Å². The van der Waals surface area contributed by atoms with E-state index in [0.29, 0.717) is 6.07 Å². The Morgan fingerprint density at radius 1 is 1.38 bits per heavy atom. The number of carbonyl (C=O) groups excluding carboxylic acids is 1. The van der Waals surface area contributed by atoms with Gasteiger partial charge in [-0.15, -0.1) is 0 Å². The summed E-state index contributed by atoms with van der Waals surface area (Å²) >= 11 is 0. The summed E-state index contributed by atoms with van der Waals surface area (Å²) < 4.78 is 90.3. The van der Waals surface area contributed by atoms with Crippen LogP contribution in [0.2, 0.25) is 0 Å². The fourth-order valence-corrected chi connectivity index (χ4v) is 3.26. The van der Waals surface area contributed by atoms with Crippen molar-refractivity contribution in [3.8, 4) is 11.5 Å². The van der Waals surface area contributed by atoms with Crippen LogP contribution in [0.15, 0.2) is 17.1 Å². The quantitative estimate of drug-likeness (QED) is 0.312. The van der Waals surface area contributed by atoms with E-state index < -0.39 is 61.3 Å². The second-order valence-electron chi connectivity index (χ2n) is 6.06. The zero-order chi connectivity index (χ0) is 21.7. The van der Waals surface area contributed by atoms with Gasteiger partial charge in [-0.3, -0.25) is 4.79 Å². The van der Waals surface area contributed by atoms with Gasteiger partial charge >= 0.3 is 21.6 Å². The summed E-state index contributed by atoms with van der Waals surface area (Å²) in [5.41, 5.74) is -7.40. The molecule has 1 atom stereocenters. The maximum absolute atomic E-state index is 14.5. The van der Waals surface area contributed by atoms with Gasteiger partial charge in [-0.2, -0.15) is 21.6 Å². The standard InChI is InChI=1S/C16H13F4NO7S/c1-3-26-15(23)9-5-21-7(2)6-27-14-11(21)8(12(9)22)4-10(17)13(14)28-29(24,25)16(18,19)20/h4-5,7H,3,6H2,1-2H3/t7-/m0/s1. The van der Waals surface area contributed by atoms with Crippen molar-refractivity contribution in [1.82, 2.24) is 4.57 Å². The van der Waals surface area contributed by atoms with Gasteiger partial charge in [-0.1, -0.05) is 0 Å². The molecule has 0 saturated carbocycles. The lowest BCUT2D eigenvalue weighted by Crippen LogP contribution is -2.30. The Bertz CT molecular complexity index is 1170. The molecule has 0 unspecified atom stereocenters. The molecule has 0 aliphatic carbocycles. The highest BCUT2D eigenvalue weighted by Crippen LogP contribution is 2.43. The number of alkyl halides is 3. The number of benzene rings is 1. The third kappa shape index (κ3) is 3.39. The van der Waals surface area contributed by atoms with Crippen LogP contribution < -0.4 is 14.3 Å². The van der Waals surface area contributed by atoms with E-state index in [1.54, 1.807) is 6.92 Å². The molecule has 0 bridgehead atoms. The number of rotatable bonds is 4. The van der Waals surface area contributed by atoms with Crippen molar-refractivity contribution in [2.45, 2.75) is 25.4 Å². The molecular weight excluding hydrogens is 426 g/mol. The largest absolute Gasteiger partial charge is 0.534 e. The van der Waals surface area contributed by atoms with Crippen LogP contribution in [0.3, 0.4) is 0 Å². The predicted molar refractivity (Wildman–Crippen MR) is 89.9 cm³/mol. The second-order valence-corrected chi connectivity index (χ2v) is 7.59. The molecule has 2 aromatic rings. The molecule has 0 spiro atoms. The van der Waals surface area contributed by atoms with E-state index in [0.717, 1.165) is 6.20 Å². The van der Waals surface area contributed by atoms with Crippen LogP contribution in [0.4, 0.5) is 17.6 Å². The Kier molecular flexibility index (Phi) is 4.97. The van der Waals surface area contributed by atoms with E-state index >= 15 is 0 Å². The second kappa shape index (κ2) is 6.90. The predicted octanol–water partition coefficient (Wildman–Crippen LogP) is 2.50. The van der Waals surface area contributed by atoms with Gasteiger partial charge in [0.05, 0.1) is 23.6 Å². The first-order valence-corrected chi connectivity index (χ1v) is 9.52. The first-order chi connectivity index (χ1) is 13.4. The first-order valence-electron chi connectivity index (χ1n) is 8.11. The summed E-state index contributed by atoms with van der Waals surface area (Å²) in [6.07, 6.45) is 1.10. The molecule has 8 nitrogen and oxygen atoms in total. The van der Waals surface area contributed by atoms with Crippen molar-refractivity contribution in [2.24, 2.45) is 0 Å². The normalized spacial score (nSPS) is 16.4. The van der Waals surface area contributed by atoms with Crippen molar-refractivity contribution in [2.75, 3.05) is 13.2 Å². The molecular formula is C16H13F4NO7S. The summed E-state index contributed by atoms with van der Waals surface area (Å²) in [6, 6.07) is -0.0421. The number of halogens is 4. The molecule has 158 valence electrons. The van der Waals surface area contributed by atoms with Gasteiger partial charge in [-0.25, -0.2) is 9.18 Å². The summed E-state index contributed by atoms with van der Waals surface area (Å²) in [6.45, 7) is 2.85. The molecule has 1 aromatic carbocycles. The van der Waals surface area contributed by atoms with Gasteiger partial charge in [0.25, 0.3) is 0 Å². The van der Waals surface area contributed by atoms with Gasteiger partial charge in [0.15, 0.2) is 11.6 Å². The van der Waals surface area contributed by atoms with E-state index in [4.69, 9.17) is 9.47 Å². The number of esters is 1. The van der Waals surface area contributed by atoms with Gasteiger partial charge < -0.3 is 18.2 Å². The molecule has 1 aromatic heterocycles. The smallest absolute Gasteiger partial charge is 0.485 e. The van der Waals surface area contributed by atoms with Crippen LogP contribution >= 0.6 is 0 Å². The molecule has 1 aliphatic rings. The number of pyridine rings is 1. The highest BCUT2D eigenvalue weighted by atomic mass is 32.2. The number of aromatic nitrogens is 1. The van der Waals surface area contributed by atoms with Crippen molar-refractivity contribution >= 4 is 27.0 Å². The van der Waals surface area contributed by atoms with Crippen LogP contribution in [0.25, 0.3) is 10.9 Å². The van der Waals surface area contributed by atoms with Gasteiger partial charge in [-0.05, 0) is 19.9 Å². The highest BCUT2D eigenvalue weighted by molar-refractivity contribution is 7.88. The summed E-state index contributed by atoms with van der Waals surface area (Å²) in [5, 5.41) is -0.411. The molecule has 13 heteroatoms. The zero-order valence-corrected chi connectivity index (χ0v) is 15.7. The Balaban J connectivity index is 2.33. The topological polar surface area (TPSA) is 101 Å².